The lowest BCUT2D eigenvalue weighted by atomic mass is 9.76. The van der Waals surface area contributed by atoms with Gasteiger partial charge in [-0.15, -0.1) is 0 Å². The Bertz CT molecular complexity index is 624. The summed E-state index contributed by atoms with van der Waals surface area (Å²) < 4.78 is 0. The third-order valence-electron chi connectivity index (χ3n) is 4.77. The molecule has 0 N–H and O–H groups in total. The summed E-state index contributed by atoms with van der Waals surface area (Å²) in [6, 6.07) is 0. The van der Waals surface area contributed by atoms with E-state index in [1.54, 1.807) is 19.9 Å². The molecule has 3 heteroatoms. The molecule has 0 radical (unpaired) electrons. The van der Waals surface area contributed by atoms with Gasteiger partial charge in [-0.1, -0.05) is 50.1 Å². The summed E-state index contributed by atoms with van der Waals surface area (Å²) in [6.07, 6.45) is 6.22. The number of hydrogen-bond acceptors (Lipinski definition) is 3. The van der Waals surface area contributed by atoms with Crippen molar-refractivity contribution in [2.24, 2.45) is 17.3 Å². The minimum Gasteiger partial charge on any atom is -0.298 e. The summed E-state index contributed by atoms with van der Waals surface area (Å²) in [7, 11) is 0. The van der Waals surface area contributed by atoms with Gasteiger partial charge in [0.15, 0.2) is 11.6 Å². The third kappa shape index (κ3) is 6.86. The maximum Gasteiger partial charge on any atom is 0.170 e. The smallest absolute Gasteiger partial charge is 0.170 e. The third-order valence-corrected chi connectivity index (χ3v) is 4.77. The Morgan fingerprint density at radius 3 is 2.04 bits per heavy atom. The molecule has 2 atom stereocenters. The zero-order valence-corrected chi connectivity index (χ0v) is 18.0. The number of Topliss-reactive ketones (excluding diaryl/α,β-unsaturated/α-hetero) is 3. The summed E-state index contributed by atoms with van der Waals surface area (Å²) in [5.74, 6) is -0.581. The van der Waals surface area contributed by atoms with Crippen LogP contribution in [0.2, 0.25) is 0 Å². The monoisotopic (exact) mass is 360 g/mol. The Hall–Kier alpha value is -1.77. The first-order valence-corrected chi connectivity index (χ1v) is 9.43. The Morgan fingerprint density at radius 1 is 1.15 bits per heavy atom. The quantitative estimate of drug-likeness (QED) is 0.454. The Labute approximate surface area is 159 Å². The van der Waals surface area contributed by atoms with E-state index in [9.17, 15) is 14.4 Å². The SMILES string of the molecule is CC(C)=CCC(=O)[C@@]1(C)C=C(C(=O)CC(C)C)C(=O)C1C.CC=C(C)C. The van der Waals surface area contributed by atoms with E-state index >= 15 is 0 Å². The number of allylic oxidation sites excluding steroid dienone is 6. The first-order chi connectivity index (χ1) is 11.9. The molecular formula is C23H36O3. The van der Waals surface area contributed by atoms with Gasteiger partial charge in [0, 0.05) is 18.8 Å². The molecule has 0 spiro atoms. The summed E-state index contributed by atoms with van der Waals surface area (Å²) in [5.41, 5.74) is 1.82. The normalized spacial score (nSPS) is 21.5. The van der Waals surface area contributed by atoms with Crippen LogP contribution in [0.5, 0.6) is 0 Å². The van der Waals surface area contributed by atoms with Gasteiger partial charge in [0.05, 0.1) is 11.0 Å². The second-order valence-electron chi connectivity index (χ2n) is 8.22. The molecule has 0 bridgehead atoms. The molecule has 146 valence electrons. The molecule has 1 aliphatic carbocycles. The highest BCUT2D eigenvalue weighted by atomic mass is 16.2. The Kier molecular flexibility index (Phi) is 9.69. The lowest BCUT2D eigenvalue weighted by molar-refractivity contribution is -0.132. The molecule has 1 aliphatic rings. The van der Waals surface area contributed by atoms with Crippen LogP contribution >= 0.6 is 0 Å². The summed E-state index contributed by atoms with van der Waals surface area (Å²) in [5, 5.41) is 0. The molecule has 0 heterocycles. The molecule has 0 aromatic rings. The first-order valence-electron chi connectivity index (χ1n) is 9.43. The molecule has 0 saturated heterocycles. The predicted octanol–water partition coefficient (Wildman–Crippen LogP) is 5.65. The van der Waals surface area contributed by atoms with Gasteiger partial charge >= 0.3 is 0 Å². The van der Waals surface area contributed by atoms with Crippen LogP contribution in [0.3, 0.4) is 0 Å². The van der Waals surface area contributed by atoms with Crippen LogP contribution in [-0.2, 0) is 14.4 Å². The summed E-state index contributed by atoms with van der Waals surface area (Å²) in [6.45, 7) is 17.5. The number of rotatable bonds is 6. The van der Waals surface area contributed by atoms with E-state index in [1.165, 1.54) is 5.57 Å². The molecule has 0 fully saturated rings. The minimum absolute atomic E-state index is 0.00287. The average Bonchev–Trinajstić information content (AvgIpc) is 2.78. The van der Waals surface area contributed by atoms with E-state index in [0.717, 1.165) is 5.57 Å². The second-order valence-corrected chi connectivity index (χ2v) is 8.22. The van der Waals surface area contributed by atoms with Crippen molar-refractivity contribution in [2.45, 2.75) is 75.2 Å². The van der Waals surface area contributed by atoms with Crippen molar-refractivity contribution in [3.05, 3.63) is 34.9 Å². The fourth-order valence-electron chi connectivity index (χ4n) is 2.54. The largest absolute Gasteiger partial charge is 0.298 e. The van der Waals surface area contributed by atoms with E-state index in [2.05, 4.69) is 19.9 Å². The van der Waals surface area contributed by atoms with Crippen molar-refractivity contribution in [1.82, 2.24) is 0 Å². The molecule has 0 aliphatic heterocycles. The van der Waals surface area contributed by atoms with E-state index in [1.807, 2.05) is 40.7 Å². The van der Waals surface area contributed by atoms with Crippen molar-refractivity contribution in [2.75, 3.05) is 0 Å². The van der Waals surface area contributed by atoms with E-state index < -0.39 is 11.3 Å². The lowest BCUT2D eigenvalue weighted by Crippen LogP contribution is -2.32. The van der Waals surface area contributed by atoms with Gasteiger partial charge in [0.2, 0.25) is 0 Å². The molecular weight excluding hydrogens is 324 g/mol. The van der Waals surface area contributed by atoms with Gasteiger partial charge < -0.3 is 0 Å². The van der Waals surface area contributed by atoms with Crippen molar-refractivity contribution in [3.8, 4) is 0 Å². The molecule has 0 aromatic carbocycles. The van der Waals surface area contributed by atoms with Crippen LogP contribution in [0, 0.1) is 17.3 Å². The first kappa shape index (κ1) is 24.2. The molecule has 1 rings (SSSR count). The van der Waals surface area contributed by atoms with Gasteiger partial charge in [-0.25, -0.2) is 0 Å². The van der Waals surface area contributed by atoms with Gasteiger partial charge in [0.25, 0.3) is 0 Å². The Balaban J connectivity index is 0.00000110. The highest BCUT2D eigenvalue weighted by Crippen LogP contribution is 2.41. The summed E-state index contributed by atoms with van der Waals surface area (Å²) in [4.78, 5) is 37.0. The highest BCUT2D eigenvalue weighted by molar-refractivity contribution is 6.24. The van der Waals surface area contributed by atoms with Crippen LogP contribution in [0.4, 0.5) is 0 Å². The van der Waals surface area contributed by atoms with Gasteiger partial charge in [0.1, 0.15) is 5.78 Å². The maximum atomic E-state index is 12.5. The predicted molar refractivity (Wildman–Crippen MR) is 109 cm³/mol. The molecule has 0 aromatic heterocycles. The molecule has 1 unspecified atom stereocenters. The van der Waals surface area contributed by atoms with Crippen LogP contribution in [0.15, 0.2) is 34.9 Å². The number of carbonyl (C=O) groups excluding carboxylic acids is 3. The molecule has 3 nitrogen and oxygen atoms in total. The van der Waals surface area contributed by atoms with Gasteiger partial charge in [-0.2, -0.15) is 0 Å². The number of carbonyl (C=O) groups is 3. The topological polar surface area (TPSA) is 51.2 Å². The van der Waals surface area contributed by atoms with Crippen molar-refractivity contribution < 1.29 is 14.4 Å². The molecule has 26 heavy (non-hydrogen) atoms. The van der Waals surface area contributed by atoms with Gasteiger partial charge in [-0.05, 0) is 47.5 Å². The molecule has 0 amide bonds. The van der Waals surface area contributed by atoms with Crippen molar-refractivity contribution in [1.29, 1.82) is 0 Å². The van der Waals surface area contributed by atoms with Crippen molar-refractivity contribution >= 4 is 17.3 Å². The maximum absolute atomic E-state index is 12.5. The van der Waals surface area contributed by atoms with Crippen LogP contribution in [-0.4, -0.2) is 17.3 Å². The highest BCUT2D eigenvalue weighted by Gasteiger charge is 2.47. The second kappa shape index (κ2) is 10.4. The van der Waals surface area contributed by atoms with E-state index in [0.29, 0.717) is 12.8 Å². The lowest BCUT2D eigenvalue weighted by Gasteiger charge is -2.24. The zero-order chi connectivity index (χ0) is 20.7. The summed E-state index contributed by atoms with van der Waals surface area (Å²) >= 11 is 0. The van der Waals surface area contributed by atoms with E-state index in [-0.39, 0.29) is 28.8 Å². The van der Waals surface area contributed by atoms with Crippen LogP contribution in [0.1, 0.15) is 75.2 Å². The van der Waals surface area contributed by atoms with Crippen LogP contribution in [0.25, 0.3) is 0 Å². The standard InChI is InChI=1S/C18H26O3.C5H10/c1-11(2)7-8-16(20)18(6)10-14(17(21)13(18)5)15(19)9-12(3)4;1-4-5(2)3/h7,10,12-13H,8-9H2,1-6H3;4H,1-3H3/t13?,18-;/m0./s1. The van der Waals surface area contributed by atoms with Crippen LogP contribution < -0.4 is 0 Å². The molecule has 0 saturated carbocycles. The van der Waals surface area contributed by atoms with Crippen molar-refractivity contribution in [3.63, 3.8) is 0 Å². The fourth-order valence-corrected chi connectivity index (χ4v) is 2.54. The average molecular weight is 361 g/mol. The minimum atomic E-state index is -0.856. The number of ketones is 3. The van der Waals surface area contributed by atoms with Gasteiger partial charge in [-0.3, -0.25) is 14.4 Å². The zero-order valence-electron chi connectivity index (χ0n) is 18.0. The number of hydrogen-bond donors (Lipinski definition) is 0. The fraction of sp³-hybridized carbons (Fsp3) is 0.609. The van der Waals surface area contributed by atoms with E-state index in [4.69, 9.17) is 0 Å². The Morgan fingerprint density at radius 2 is 1.65 bits per heavy atom.